The van der Waals surface area contributed by atoms with Crippen LogP contribution in [0.15, 0.2) is 35.7 Å². The maximum atomic E-state index is 6.54. The molecule has 5 heteroatoms. The van der Waals surface area contributed by atoms with Crippen molar-refractivity contribution in [2.75, 3.05) is 7.11 Å². The fourth-order valence-electron chi connectivity index (χ4n) is 1.91. The Morgan fingerprint density at radius 3 is 2.68 bits per heavy atom. The molecule has 98 valence electrons. The number of rotatable bonds is 3. The number of hydrogen-bond donors (Lipinski definition) is 0. The van der Waals surface area contributed by atoms with Gasteiger partial charge in [0.15, 0.2) is 0 Å². The van der Waals surface area contributed by atoms with Crippen molar-refractivity contribution < 1.29 is 4.74 Å². The van der Waals surface area contributed by atoms with Crippen molar-refractivity contribution in [2.45, 2.75) is 5.38 Å². The third-order valence-electron chi connectivity index (χ3n) is 2.88. The largest absolute Gasteiger partial charge is 0.495 e. The molecule has 0 bridgehead atoms. The zero-order valence-electron chi connectivity index (χ0n) is 10.0. The molecule has 1 unspecified atom stereocenters. The van der Waals surface area contributed by atoms with Crippen LogP contribution >= 0.6 is 45.9 Å². The first-order chi connectivity index (χ1) is 9.19. The SMILES string of the molecule is COc1ccc(C(Cl)c2cc3sccc3s2)cc1Cl. The van der Waals surface area contributed by atoms with Crippen molar-refractivity contribution in [1.82, 2.24) is 0 Å². The fourth-order valence-corrected chi connectivity index (χ4v) is 4.64. The smallest absolute Gasteiger partial charge is 0.137 e. The topological polar surface area (TPSA) is 9.23 Å². The van der Waals surface area contributed by atoms with Crippen molar-refractivity contribution in [2.24, 2.45) is 0 Å². The van der Waals surface area contributed by atoms with Crippen LogP contribution in [0, 0.1) is 0 Å². The fraction of sp³-hybridized carbons (Fsp3) is 0.143. The van der Waals surface area contributed by atoms with Gasteiger partial charge >= 0.3 is 0 Å². The standard InChI is InChI=1S/C14H10Cl2OS2/c1-17-10-3-2-8(6-9(10)15)14(16)13-7-12-11(19-13)4-5-18-12/h2-7,14H,1H3. The van der Waals surface area contributed by atoms with Gasteiger partial charge < -0.3 is 4.74 Å². The average molecular weight is 329 g/mol. The number of alkyl halides is 1. The number of hydrogen-bond acceptors (Lipinski definition) is 3. The van der Waals surface area contributed by atoms with Crippen LogP contribution in [0.3, 0.4) is 0 Å². The molecule has 19 heavy (non-hydrogen) atoms. The lowest BCUT2D eigenvalue weighted by molar-refractivity contribution is 0.415. The predicted molar refractivity (Wildman–Crippen MR) is 85.4 cm³/mol. The first kappa shape index (κ1) is 13.3. The molecule has 0 N–H and O–H groups in total. The molecular weight excluding hydrogens is 319 g/mol. The van der Waals surface area contributed by atoms with Crippen molar-refractivity contribution >= 4 is 55.3 Å². The van der Waals surface area contributed by atoms with E-state index in [0.29, 0.717) is 10.8 Å². The van der Waals surface area contributed by atoms with Gasteiger partial charge in [-0.05, 0) is 35.2 Å². The molecule has 2 aromatic heterocycles. The molecule has 0 radical (unpaired) electrons. The molecule has 0 saturated heterocycles. The maximum Gasteiger partial charge on any atom is 0.137 e. The molecule has 3 rings (SSSR count). The monoisotopic (exact) mass is 328 g/mol. The molecule has 0 aliphatic rings. The number of ether oxygens (including phenoxy) is 1. The van der Waals surface area contributed by atoms with Gasteiger partial charge in [-0.2, -0.15) is 0 Å². The Bertz CT molecular complexity index is 689. The molecule has 0 fully saturated rings. The normalized spacial score (nSPS) is 12.8. The Balaban J connectivity index is 1.96. The van der Waals surface area contributed by atoms with Gasteiger partial charge in [-0.25, -0.2) is 0 Å². The van der Waals surface area contributed by atoms with E-state index in [2.05, 4.69) is 17.5 Å². The average Bonchev–Trinajstić information content (AvgIpc) is 2.98. The van der Waals surface area contributed by atoms with E-state index >= 15 is 0 Å². The first-order valence-corrected chi connectivity index (χ1v) is 8.14. The molecule has 0 aliphatic heterocycles. The Morgan fingerprint density at radius 1 is 1.16 bits per heavy atom. The predicted octanol–water partition coefficient (Wildman–Crippen LogP) is 5.95. The summed E-state index contributed by atoms with van der Waals surface area (Å²) in [7, 11) is 1.60. The van der Waals surface area contributed by atoms with Gasteiger partial charge in [0, 0.05) is 14.3 Å². The highest BCUT2D eigenvalue weighted by atomic mass is 35.5. The summed E-state index contributed by atoms with van der Waals surface area (Å²) in [5.74, 6) is 0.668. The van der Waals surface area contributed by atoms with Crippen LogP contribution in [-0.4, -0.2) is 7.11 Å². The second-order valence-electron chi connectivity index (χ2n) is 4.05. The summed E-state index contributed by atoms with van der Waals surface area (Å²) in [6.45, 7) is 0. The lowest BCUT2D eigenvalue weighted by atomic mass is 10.1. The summed E-state index contributed by atoms with van der Waals surface area (Å²) in [5, 5.41) is 2.51. The molecule has 0 aliphatic carbocycles. The van der Waals surface area contributed by atoms with Crippen LogP contribution in [0.1, 0.15) is 15.8 Å². The van der Waals surface area contributed by atoms with Gasteiger partial charge in [0.2, 0.25) is 0 Å². The van der Waals surface area contributed by atoms with Crippen molar-refractivity contribution in [3.05, 3.63) is 51.2 Å². The van der Waals surface area contributed by atoms with Crippen LogP contribution in [-0.2, 0) is 0 Å². The number of benzene rings is 1. The molecule has 3 aromatic rings. The molecule has 0 spiro atoms. The zero-order chi connectivity index (χ0) is 13.4. The lowest BCUT2D eigenvalue weighted by Gasteiger charge is -2.10. The van der Waals surface area contributed by atoms with E-state index in [4.69, 9.17) is 27.9 Å². The molecule has 1 aromatic carbocycles. The minimum Gasteiger partial charge on any atom is -0.495 e. The van der Waals surface area contributed by atoms with Crippen LogP contribution in [0.25, 0.3) is 9.40 Å². The molecule has 2 heterocycles. The molecular formula is C14H10Cl2OS2. The van der Waals surface area contributed by atoms with Gasteiger partial charge in [0.1, 0.15) is 5.75 Å². The van der Waals surface area contributed by atoms with E-state index in [9.17, 15) is 0 Å². The van der Waals surface area contributed by atoms with E-state index in [0.717, 1.165) is 10.4 Å². The lowest BCUT2D eigenvalue weighted by Crippen LogP contribution is -1.91. The number of fused-ring (bicyclic) bond motifs is 1. The number of thiophene rings is 2. The quantitative estimate of drug-likeness (QED) is 0.539. The van der Waals surface area contributed by atoms with Gasteiger partial charge in [-0.1, -0.05) is 17.7 Å². The van der Waals surface area contributed by atoms with Crippen LogP contribution in [0.2, 0.25) is 5.02 Å². The summed E-state index contributed by atoms with van der Waals surface area (Å²) in [6.07, 6.45) is 0. The van der Waals surface area contributed by atoms with E-state index in [1.807, 2.05) is 18.2 Å². The Kier molecular flexibility index (Phi) is 3.72. The van der Waals surface area contributed by atoms with E-state index in [1.165, 1.54) is 9.40 Å². The Morgan fingerprint density at radius 2 is 2.00 bits per heavy atom. The van der Waals surface area contributed by atoms with Gasteiger partial charge in [0.25, 0.3) is 0 Å². The van der Waals surface area contributed by atoms with Crippen molar-refractivity contribution in [1.29, 1.82) is 0 Å². The molecule has 1 nitrogen and oxygen atoms in total. The Labute approximate surface area is 129 Å². The third kappa shape index (κ3) is 2.48. The van der Waals surface area contributed by atoms with Crippen LogP contribution < -0.4 is 4.74 Å². The van der Waals surface area contributed by atoms with E-state index in [-0.39, 0.29) is 5.38 Å². The van der Waals surface area contributed by atoms with Crippen LogP contribution in [0.4, 0.5) is 0 Å². The van der Waals surface area contributed by atoms with Crippen molar-refractivity contribution in [3.63, 3.8) is 0 Å². The Hall–Kier alpha value is -0.740. The van der Waals surface area contributed by atoms with Gasteiger partial charge in [0.05, 0.1) is 17.5 Å². The minimum absolute atomic E-state index is 0.173. The van der Waals surface area contributed by atoms with E-state index < -0.39 is 0 Å². The zero-order valence-corrected chi connectivity index (χ0v) is 13.2. The summed E-state index contributed by atoms with van der Waals surface area (Å²) in [5.41, 5.74) is 0.987. The first-order valence-electron chi connectivity index (χ1n) is 5.63. The highest BCUT2D eigenvalue weighted by Crippen LogP contribution is 2.40. The van der Waals surface area contributed by atoms with Gasteiger partial charge in [-0.3, -0.25) is 0 Å². The summed E-state index contributed by atoms with van der Waals surface area (Å²) >= 11 is 16.1. The molecule has 0 saturated carbocycles. The van der Waals surface area contributed by atoms with E-state index in [1.54, 1.807) is 29.8 Å². The molecule has 0 amide bonds. The second-order valence-corrected chi connectivity index (χ2v) is 6.96. The molecule has 1 atom stereocenters. The third-order valence-corrected chi connectivity index (χ3v) is 5.95. The maximum absolute atomic E-state index is 6.54. The summed E-state index contributed by atoms with van der Waals surface area (Å²) in [4.78, 5) is 1.14. The number of methoxy groups -OCH3 is 1. The van der Waals surface area contributed by atoms with Crippen molar-refractivity contribution in [3.8, 4) is 5.75 Å². The highest BCUT2D eigenvalue weighted by molar-refractivity contribution is 7.27. The van der Waals surface area contributed by atoms with Crippen LogP contribution in [0.5, 0.6) is 5.75 Å². The summed E-state index contributed by atoms with van der Waals surface area (Å²) in [6, 6.07) is 9.95. The summed E-state index contributed by atoms with van der Waals surface area (Å²) < 4.78 is 7.72. The highest BCUT2D eigenvalue weighted by Gasteiger charge is 2.16. The number of halogens is 2. The minimum atomic E-state index is -0.173. The second kappa shape index (κ2) is 5.33. The van der Waals surface area contributed by atoms with Gasteiger partial charge in [-0.15, -0.1) is 34.3 Å².